The van der Waals surface area contributed by atoms with Crippen molar-refractivity contribution < 1.29 is 0 Å². The molecule has 3 nitrogen and oxygen atoms in total. The minimum atomic E-state index is 0.637. The van der Waals surface area contributed by atoms with E-state index in [-0.39, 0.29) is 0 Å². The molecule has 1 aliphatic rings. The molecule has 16 heavy (non-hydrogen) atoms. The summed E-state index contributed by atoms with van der Waals surface area (Å²) >= 11 is 2.06. The maximum absolute atomic E-state index is 4.27. The van der Waals surface area contributed by atoms with Crippen molar-refractivity contribution in [3.8, 4) is 0 Å². The summed E-state index contributed by atoms with van der Waals surface area (Å²) in [6.07, 6.45) is 4.39. The van der Waals surface area contributed by atoms with Crippen LogP contribution in [0, 0.1) is 0 Å². The van der Waals surface area contributed by atoms with E-state index in [0.717, 1.165) is 12.4 Å². The molecule has 0 unspecified atom stereocenters. The van der Waals surface area contributed by atoms with Crippen LogP contribution in [-0.2, 0) is 0 Å². The van der Waals surface area contributed by atoms with E-state index >= 15 is 0 Å². The summed E-state index contributed by atoms with van der Waals surface area (Å²) in [6.45, 7) is 3.00. The van der Waals surface area contributed by atoms with Crippen LogP contribution in [0.3, 0.4) is 0 Å². The van der Waals surface area contributed by atoms with E-state index in [2.05, 4.69) is 40.4 Å². The summed E-state index contributed by atoms with van der Waals surface area (Å²) in [5.74, 6) is 3.52. The van der Waals surface area contributed by atoms with Gasteiger partial charge in [0.1, 0.15) is 5.82 Å². The third-order valence-corrected chi connectivity index (χ3v) is 3.76. The zero-order valence-corrected chi connectivity index (χ0v) is 10.5. The third kappa shape index (κ3) is 3.30. The lowest BCUT2D eigenvalue weighted by Gasteiger charge is -2.23. The van der Waals surface area contributed by atoms with Crippen LogP contribution in [0.1, 0.15) is 19.8 Å². The lowest BCUT2D eigenvalue weighted by molar-refractivity contribution is 0.667. The average molecular weight is 237 g/mol. The zero-order valence-electron chi connectivity index (χ0n) is 9.70. The van der Waals surface area contributed by atoms with Crippen LogP contribution in [0.5, 0.6) is 0 Å². The van der Waals surface area contributed by atoms with Crippen molar-refractivity contribution in [2.75, 3.05) is 28.7 Å². The first-order valence-corrected chi connectivity index (χ1v) is 7.08. The van der Waals surface area contributed by atoms with E-state index in [1.54, 1.807) is 0 Å². The van der Waals surface area contributed by atoms with Crippen molar-refractivity contribution in [3.05, 3.63) is 18.3 Å². The van der Waals surface area contributed by atoms with E-state index in [1.807, 2.05) is 12.3 Å². The van der Waals surface area contributed by atoms with Gasteiger partial charge in [-0.15, -0.1) is 0 Å². The number of nitrogens with zero attached hydrogens (tertiary/aromatic N) is 1. The molecule has 1 saturated heterocycles. The molecule has 0 bridgehead atoms. The van der Waals surface area contributed by atoms with Gasteiger partial charge in [-0.25, -0.2) is 4.98 Å². The molecule has 1 aliphatic heterocycles. The molecule has 0 amide bonds. The minimum Gasteiger partial charge on any atom is -0.382 e. The van der Waals surface area contributed by atoms with Crippen LogP contribution in [0.4, 0.5) is 11.5 Å². The number of hydrogen-bond acceptors (Lipinski definition) is 4. The topological polar surface area (TPSA) is 37.0 Å². The standard InChI is InChI=1S/C12H19N3S/c1-2-13-12-9-11(3-6-14-12)15-10-4-7-16-8-5-10/h3,6,9-10H,2,4-5,7-8H2,1H3,(H2,13,14,15). The van der Waals surface area contributed by atoms with E-state index in [1.165, 1.54) is 30.0 Å². The Kier molecular flexibility index (Phi) is 4.34. The molecule has 0 atom stereocenters. The predicted octanol–water partition coefficient (Wildman–Crippen LogP) is 2.82. The van der Waals surface area contributed by atoms with E-state index in [4.69, 9.17) is 0 Å². The van der Waals surface area contributed by atoms with Gasteiger partial charge in [-0.3, -0.25) is 0 Å². The first kappa shape index (κ1) is 11.6. The maximum Gasteiger partial charge on any atom is 0.127 e. The number of thioether (sulfide) groups is 1. The van der Waals surface area contributed by atoms with Crippen molar-refractivity contribution in [1.82, 2.24) is 4.98 Å². The SMILES string of the molecule is CCNc1cc(NC2CCSCC2)ccn1. The van der Waals surface area contributed by atoms with Gasteiger partial charge in [0.15, 0.2) is 0 Å². The Morgan fingerprint density at radius 1 is 1.44 bits per heavy atom. The summed E-state index contributed by atoms with van der Waals surface area (Å²) in [6, 6.07) is 4.77. The maximum atomic E-state index is 4.27. The first-order chi connectivity index (χ1) is 7.88. The number of aromatic nitrogens is 1. The number of anilines is 2. The van der Waals surface area contributed by atoms with Gasteiger partial charge in [0.25, 0.3) is 0 Å². The Balaban J connectivity index is 1.94. The molecular weight excluding hydrogens is 218 g/mol. The number of rotatable bonds is 4. The van der Waals surface area contributed by atoms with Crippen LogP contribution in [0.25, 0.3) is 0 Å². The molecule has 1 aromatic heterocycles. The van der Waals surface area contributed by atoms with Crippen LogP contribution in [0.2, 0.25) is 0 Å². The largest absolute Gasteiger partial charge is 0.382 e. The molecule has 2 rings (SSSR count). The molecule has 0 radical (unpaired) electrons. The molecular formula is C12H19N3S. The Bertz CT molecular complexity index is 324. The van der Waals surface area contributed by atoms with Gasteiger partial charge in [-0.2, -0.15) is 11.8 Å². The van der Waals surface area contributed by atoms with Crippen molar-refractivity contribution in [3.63, 3.8) is 0 Å². The lowest BCUT2D eigenvalue weighted by atomic mass is 10.1. The molecule has 0 aliphatic carbocycles. The Hall–Kier alpha value is -0.900. The van der Waals surface area contributed by atoms with Crippen LogP contribution >= 0.6 is 11.8 Å². The van der Waals surface area contributed by atoms with E-state index in [9.17, 15) is 0 Å². The van der Waals surface area contributed by atoms with Crippen molar-refractivity contribution >= 4 is 23.3 Å². The summed E-state index contributed by atoms with van der Waals surface area (Å²) in [4.78, 5) is 4.27. The van der Waals surface area contributed by atoms with Crippen molar-refractivity contribution in [2.24, 2.45) is 0 Å². The van der Waals surface area contributed by atoms with Gasteiger partial charge < -0.3 is 10.6 Å². The van der Waals surface area contributed by atoms with Gasteiger partial charge in [-0.05, 0) is 37.3 Å². The fourth-order valence-electron chi connectivity index (χ4n) is 1.88. The van der Waals surface area contributed by atoms with Gasteiger partial charge in [0.2, 0.25) is 0 Å². The molecule has 0 spiro atoms. The number of pyridine rings is 1. The Morgan fingerprint density at radius 3 is 3.00 bits per heavy atom. The number of nitrogens with one attached hydrogen (secondary N) is 2. The highest BCUT2D eigenvalue weighted by Crippen LogP contribution is 2.21. The number of hydrogen-bond donors (Lipinski definition) is 2. The predicted molar refractivity (Wildman–Crippen MR) is 72.4 cm³/mol. The third-order valence-electron chi connectivity index (χ3n) is 2.71. The van der Waals surface area contributed by atoms with Gasteiger partial charge in [-0.1, -0.05) is 0 Å². The first-order valence-electron chi connectivity index (χ1n) is 5.92. The van der Waals surface area contributed by atoms with Crippen molar-refractivity contribution in [1.29, 1.82) is 0 Å². The highest BCUT2D eigenvalue weighted by molar-refractivity contribution is 7.99. The second kappa shape index (κ2) is 5.99. The fourth-order valence-corrected chi connectivity index (χ4v) is 2.98. The minimum absolute atomic E-state index is 0.637. The smallest absolute Gasteiger partial charge is 0.127 e. The molecule has 0 saturated carbocycles. The summed E-state index contributed by atoms with van der Waals surface area (Å²) in [5, 5.41) is 6.82. The van der Waals surface area contributed by atoms with E-state index in [0.29, 0.717) is 6.04 Å². The highest BCUT2D eigenvalue weighted by Gasteiger charge is 2.13. The van der Waals surface area contributed by atoms with Gasteiger partial charge >= 0.3 is 0 Å². The van der Waals surface area contributed by atoms with Gasteiger partial charge in [0.05, 0.1) is 0 Å². The zero-order chi connectivity index (χ0) is 11.2. The quantitative estimate of drug-likeness (QED) is 0.844. The Labute approximate surface area is 101 Å². The lowest BCUT2D eigenvalue weighted by Crippen LogP contribution is -2.24. The molecule has 2 N–H and O–H groups in total. The molecule has 4 heteroatoms. The normalized spacial score (nSPS) is 17.1. The summed E-state index contributed by atoms with van der Waals surface area (Å²) in [7, 11) is 0. The van der Waals surface area contributed by atoms with Crippen molar-refractivity contribution in [2.45, 2.75) is 25.8 Å². The fraction of sp³-hybridized carbons (Fsp3) is 0.583. The molecule has 1 fully saturated rings. The van der Waals surface area contributed by atoms with Crippen LogP contribution in [-0.4, -0.2) is 29.1 Å². The average Bonchev–Trinajstić information content (AvgIpc) is 2.31. The molecule has 1 aromatic rings. The molecule has 2 heterocycles. The Morgan fingerprint density at radius 2 is 2.25 bits per heavy atom. The summed E-state index contributed by atoms with van der Waals surface area (Å²) in [5.41, 5.74) is 1.18. The second-order valence-corrected chi connectivity index (χ2v) is 5.22. The molecule has 88 valence electrons. The van der Waals surface area contributed by atoms with E-state index < -0.39 is 0 Å². The van der Waals surface area contributed by atoms with Crippen LogP contribution in [0.15, 0.2) is 18.3 Å². The highest BCUT2D eigenvalue weighted by atomic mass is 32.2. The summed E-state index contributed by atoms with van der Waals surface area (Å²) < 4.78 is 0. The molecule has 0 aromatic carbocycles. The monoisotopic (exact) mass is 237 g/mol. The second-order valence-electron chi connectivity index (χ2n) is 3.99. The van der Waals surface area contributed by atoms with Crippen LogP contribution < -0.4 is 10.6 Å². The van der Waals surface area contributed by atoms with Gasteiger partial charge in [0, 0.05) is 30.5 Å².